The number of nitrogens with zero attached hydrogens (tertiary/aromatic N) is 1. The van der Waals surface area contributed by atoms with E-state index in [1.54, 1.807) is 30.1 Å². The molecule has 0 bridgehead atoms. The van der Waals surface area contributed by atoms with E-state index in [0.717, 1.165) is 25.9 Å². The summed E-state index contributed by atoms with van der Waals surface area (Å²) >= 11 is 0. The Morgan fingerprint density at radius 2 is 2.07 bits per heavy atom. The lowest BCUT2D eigenvalue weighted by molar-refractivity contribution is -0.137. The van der Waals surface area contributed by atoms with Gasteiger partial charge in [-0.3, -0.25) is 29.4 Å². The second-order valence-electron chi connectivity index (χ2n) is 7.38. The van der Waals surface area contributed by atoms with Crippen LogP contribution in [0.15, 0.2) is 18.2 Å². The highest BCUT2D eigenvalue weighted by molar-refractivity contribution is 6.00. The maximum absolute atomic E-state index is 12.4. The van der Waals surface area contributed by atoms with Gasteiger partial charge in [-0.05, 0) is 39.5 Å². The highest BCUT2D eigenvalue weighted by Crippen LogP contribution is 2.23. The minimum Gasteiger partial charge on any atom is -0.326 e. The van der Waals surface area contributed by atoms with Crippen LogP contribution in [0.1, 0.15) is 41.6 Å². The van der Waals surface area contributed by atoms with Gasteiger partial charge in [0.2, 0.25) is 17.7 Å². The fourth-order valence-electron chi connectivity index (χ4n) is 3.40. The lowest BCUT2D eigenvalue weighted by atomic mass is 10.0. The number of hydrogen-bond acceptors (Lipinski definition) is 7. The average Bonchev–Trinajstić information content (AvgIpc) is 2.71. The van der Waals surface area contributed by atoms with Gasteiger partial charge in [0.05, 0.1) is 6.04 Å². The molecule has 1 aromatic rings. The van der Waals surface area contributed by atoms with Crippen molar-refractivity contribution in [1.29, 1.82) is 0 Å². The molecule has 4 N–H and O–H groups in total. The molecule has 30 heavy (non-hydrogen) atoms. The number of benzene rings is 1. The predicted octanol–water partition coefficient (Wildman–Crippen LogP) is 0.264. The zero-order valence-corrected chi connectivity index (χ0v) is 17.6. The number of carbonyl (C=O) groups excluding carboxylic acids is 4. The number of carbonyl (C=O) groups is 4. The molecule has 0 radical (unpaired) electrons. The molecule has 0 saturated carbocycles. The molecule has 9 heteroatoms. The van der Waals surface area contributed by atoms with Gasteiger partial charge in [0.1, 0.15) is 6.29 Å². The largest absolute Gasteiger partial charge is 0.326 e. The molecule has 0 aromatic heterocycles. The third-order valence-corrected chi connectivity index (χ3v) is 5.07. The Labute approximate surface area is 177 Å². The summed E-state index contributed by atoms with van der Waals surface area (Å²) in [6.45, 7) is 2.75. The van der Waals surface area contributed by atoms with Gasteiger partial charge >= 0.3 is 0 Å². The standard InChI is InChI=1S/C21H31N5O4/c1-22-11-12-23-10-4-7-19(28)24-17-6-3-5-15(14-27)16(17)13-26(2)18-8-9-20(29)25-21(18)30/h3,5-6,14,18,22-23H,4,7-13H2,1-2H3,(H,24,28)(H,25,29,30). The van der Waals surface area contributed by atoms with Crippen LogP contribution in [0, 0.1) is 0 Å². The Kier molecular flexibility index (Phi) is 9.59. The molecule has 0 aliphatic carbocycles. The summed E-state index contributed by atoms with van der Waals surface area (Å²) in [6, 6.07) is 4.69. The number of likely N-dealkylation sites (N-methyl/N-ethyl adjacent to an activating group) is 2. The fraction of sp³-hybridized carbons (Fsp3) is 0.524. The number of aldehydes is 1. The van der Waals surface area contributed by atoms with E-state index >= 15 is 0 Å². The van der Waals surface area contributed by atoms with Crippen LogP contribution in [-0.4, -0.2) is 68.7 Å². The summed E-state index contributed by atoms with van der Waals surface area (Å²) in [4.78, 5) is 49.3. The van der Waals surface area contributed by atoms with Crippen molar-refractivity contribution in [3.05, 3.63) is 29.3 Å². The van der Waals surface area contributed by atoms with Crippen molar-refractivity contribution in [2.75, 3.05) is 39.0 Å². The number of rotatable bonds is 12. The SMILES string of the molecule is CNCCNCCCC(=O)Nc1cccc(C=O)c1CN(C)C1CCC(=O)NC1=O. The molecule has 0 spiro atoms. The van der Waals surface area contributed by atoms with Gasteiger partial charge < -0.3 is 16.0 Å². The number of amides is 3. The van der Waals surface area contributed by atoms with Gasteiger partial charge in [0, 0.05) is 49.3 Å². The molecule has 1 fully saturated rings. The molecular weight excluding hydrogens is 386 g/mol. The first-order valence-electron chi connectivity index (χ1n) is 10.2. The summed E-state index contributed by atoms with van der Waals surface area (Å²) in [6.07, 6.45) is 2.51. The minimum atomic E-state index is -0.463. The monoisotopic (exact) mass is 417 g/mol. The second-order valence-corrected chi connectivity index (χ2v) is 7.38. The van der Waals surface area contributed by atoms with Crippen LogP contribution in [-0.2, 0) is 20.9 Å². The quantitative estimate of drug-likeness (QED) is 0.219. The van der Waals surface area contributed by atoms with E-state index in [9.17, 15) is 19.2 Å². The van der Waals surface area contributed by atoms with Crippen LogP contribution in [0.5, 0.6) is 0 Å². The van der Waals surface area contributed by atoms with Gasteiger partial charge in [-0.25, -0.2) is 0 Å². The first kappa shape index (κ1) is 23.7. The van der Waals surface area contributed by atoms with E-state index in [-0.39, 0.29) is 24.1 Å². The van der Waals surface area contributed by atoms with Crippen molar-refractivity contribution in [3.63, 3.8) is 0 Å². The third-order valence-electron chi connectivity index (χ3n) is 5.07. The highest BCUT2D eigenvalue weighted by atomic mass is 16.2. The Balaban J connectivity index is 2.00. The van der Waals surface area contributed by atoms with E-state index in [1.807, 2.05) is 7.05 Å². The van der Waals surface area contributed by atoms with Crippen LogP contribution in [0.4, 0.5) is 5.69 Å². The van der Waals surface area contributed by atoms with Gasteiger partial charge in [0.15, 0.2) is 0 Å². The Hall–Kier alpha value is -2.62. The van der Waals surface area contributed by atoms with Crippen molar-refractivity contribution in [2.24, 2.45) is 0 Å². The molecule has 9 nitrogen and oxygen atoms in total. The number of imide groups is 1. The van der Waals surface area contributed by atoms with Gasteiger partial charge in [-0.1, -0.05) is 12.1 Å². The van der Waals surface area contributed by atoms with Crippen molar-refractivity contribution in [3.8, 4) is 0 Å². The van der Waals surface area contributed by atoms with Gasteiger partial charge in [-0.15, -0.1) is 0 Å². The van der Waals surface area contributed by atoms with Crippen molar-refractivity contribution < 1.29 is 19.2 Å². The van der Waals surface area contributed by atoms with E-state index < -0.39 is 6.04 Å². The van der Waals surface area contributed by atoms with E-state index in [4.69, 9.17) is 0 Å². The second kappa shape index (κ2) is 12.2. The summed E-state index contributed by atoms with van der Waals surface area (Å²) in [5, 5.41) is 11.5. The number of piperidine rings is 1. The third kappa shape index (κ3) is 7.01. The zero-order valence-electron chi connectivity index (χ0n) is 17.6. The molecular formula is C21H31N5O4. The summed E-state index contributed by atoms with van der Waals surface area (Å²) in [5.41, 5.74) is 1.67. The molecule has 2 rings (SSSR count). The summed E-state index contributed by atoms with van der Waals surface area (Å²) in [7, 11) is 3.65. The lowest BCUT2D eigenvalue weighted by Crippen LogP contribution is -2.51. The molecule has 3 amide bonds. The molecule has 1 unspecified atom stereocenters. The summed E-state index contributed by atoms with van der Waals surface area (Å²) in [5.74, 6) is -0.738. The van der Waals surface area contributed by atoms with Crippen LogP contribution < -0.4 is 21.3 Å². The molecule has 164 valence electrons. The van der Waals surface area contributed by atoms with Crippen molar-refractivity contribution in [1.82, 2.24) is 20.9 Å². The zero-order chi connectivity index (χ0) is 21.9. The maximum atomic E-state index is 12.4. The number of anilines is 1. The highest BCUT2D eigenvalue weighted by Gasteiger charge is 2.30. The molecule has 1 aliphatic heterocycles. The molecule has 1 atom stereocenters. The van der Waals surface area contributed by atoms with E-state index in [1.165, 1.54) is 0 Å². The van der Waals surface area contributed by atoms with Crippen LogP contribution in [0.3, 0.4) is 0 Å². The Morgan fingerprint density at radius 1 is 1.27 bits per heavy atom. The van der Waals surface area contributed by atoms with Gasteiger partial charge in [0.25, 0.3) is 0 Å². The minimum absolute atomic E-state index is 0.127. The molecule has 1 heterocycles. The van der Waals surface area contributed by atoms with E-state index in [0.29, 0.717) is 42.6 Å². The Morgan fingerprint density at radius 3 is 2.77 bits per heavy atom. The smallest absolute Gasteiger partial charge is 0.243 e. The van der Waals surface area contributed by atoms with Crippen LogP contribution in [0.25, 0.3) is 0 Å². The fourth-order valence-corrected chi connectivity index (χ4v) is 3.40. The van der Waals surface area contributed by atoms with Crippen LogP contribution in [0.2, 0.25) is 0 Å². The molecule has 1 aliphatic rings. The van der Waals surface area contributed by atoms with Crippen LogP contribution >= 0.6 is 0 Å². The van der Waals surface area contributed by atoms with E-state index in [2.05, 4.69) is 21.3 Å². The Bertz CT molecular complexity index is 768. The maximum Gasteiger partial charge on any atom is 0.243 e. The number of nitrogens with one attached hydrogen (secondary N) is 4. The predicted molar refractivity (Wildman–Crippen MR) is 114 cm³/mol. The first-order valence-corrected chi connectivity index (χ1v) is 10.2. The first-order chi connectivity index (χ1) is 14.5. The molecule has 1 saturated heterocycles. The van der Waals surface area contributed by atoms with Gasteiger partial charge in [-0.2, -0.15) is 0 Å². The van der Waals surface area contributed by atoms with Crippen molar-refractivity contribution in [2.45, 2.75) is 38.3 Å². The normalized spacial score (nSPS) is 16.4. The lowest BCUT2D eigenvalue weighted by Gasteiger charge is -2.30. The van der Waals surface area contributed by atoms with Crippen molar-refractivity contribution >= 4 is 29.7 Å². The summed E-state index contributed by atoms with van der Waals surface area (Å²) < 4.78 is 0. The average molecular weight is 418 g/mol. The molecule has 1 aromatic carbocycles. The number of hydrogen-bond donors (Lipinski definition) is 4. The topological polar surface area (TPSA) is 120 Å².